The molecule has 0 unspecified atom stereocenters. The summed E-state index contributed by atoms with van der Waals surface area (Å²) in [6, 6.07) is 17.6. The van der Waals surface area contributed by atoms with Crippen LogP contribution in [0.4, 0.5) is 11.4 Å². The summed E-state index contributed by atoms with van der Waals surface area (Å²) in [6.07, 6.45) is 0. The van der Waals surface area contributed by atoms with E-state index in [1.807, 2.05) is 32.0 Å². The van der Waals surface area contributed by atoms with Crippen molar-refractivity contribution in [1.29, 1.82) is 0 Å². The molecule has 3 aromatic rings. The van der Waals surface area contributed by atoms with E-state index >= 15 is 0 Å². The number of hydrogen-bond donors (Lipinski definition) is 2. The van der Waals surface area contributed by atoms with Crippen molar-refractivity contribution in [3.05, 3.63) is 88.5 Å². The number of benzene rings is 3. The highest BCUT2D eigenvalue weighted by Crippen LogP contribution is 2.28. The second kappa shape index (κ2) is 8.94. The quantitative estimate of drug-likeness (QED) is 0.514. The monoisotopic (exact) mass is 436 g/mol. The molecule has 0 atom stereocenters. The number of carbonyl (C=O) groups is 1. The number of aryl methyl sites for hydroxylation is 3. The summed E-state index contributed by atoms with van der Waals surface area (Å²) < 4.78 is 28.2. The van der Waals surface area contributed by atoms with Gasteiger partial charge in [-0.2, -0.15) is 0 Å². The van der Waals surface area contributed by atoms with Crippen molar-refractivity contribution in [3.8, 4) is 0 Å². The highest BCUT2D eigenvalue weighted by molar-refractivity contribution is 7.92. The van der Waals surface area contributed by atoms with Gasteiger partial charge in [-0.05, 0) is 67.6 Å². The molecule has 5 nitrogen and oxygen atoms in total. The predicted octanol–water partition coefficient (Wildman–Crippen LogP) is 5.79. The number of amides is 1. The zero-order valence-corrected chi connectivity index (χ0v) is 19.3. The summed E-state index contributed by atoms with van der Waals surface area (Å²) in [5, 5.41) is 3.01. The largest absolute Gasteiger partial charge is 0.321 e. The number of para-hydroxylation sites is 1. The number of rotatable bonds is 6. The smallest absolute Gasteiger partial charge is 0.261 e. The maximum Gasteiger partial charge on any atom is 0.261 e. The highest BCUT2D eigenvalue weighted by atomic mass is 32.2. The lowest BCUT2D eigenvalue weighted by molar-refractivity contribution is 0.102. The van der Waals surface area contributed by atoms with Gasteiger partial charge in [0, 0.05) is 11.3 Å². The van der Waals surface area contributed by atoms with Gasteiger partial charge in [-0.25, -0.2) is 8.42 Å². The predicted molar refractivity (Wildman–Crippen MR) is 126 cm³/mol. The van der Waals surface area contributed by atoms with E-state index in [4.69, 9.17) is 0 Å². The summed E-state index contributed by atoms with van der Waals surface area (Å²) in [5.41, 5.74) is 5.29. The molecule has 0 fully saturated rings. The van der Waals surface area contributed by atoms with Gasteiger partial charge in [-0.3, -0.25) is 9.52 Å². The summed E-state index contributed by atoms with van der Waals surface area (Å²) in [4.78, 5) is 13.2. The van der Waals surface area contributed by atoms with Gasteiger partial charge in [0.2, 0.25) is 0 Å². The number of anilines is 2. The Kier molecular flexibility index (Phi) is 6.51. The SMILES string of the molecule is Cc1ccc(S(=O)(=O)Nc2cc(C(=O)Nc3c(C)cccc3C(C)C)ccc2C)cc1. The molecule has 3 rings (SSSR count). The summed E-state index contributed by atoms with van der Waals surface area (Å²) in [7, 11) is -3.76. The average molecular weight is 437 g/mol. The van der Waals surface area contributed by atoms with Gasteiger partial charge < -0.3 is 5.32 Å². The number of hydrogen-bond acceptors (Lipinski definition) is 3. The molecular formula is C25H28N2O3S. The van der Waals surface area contributed by atoms with Crippen molar-refractivity contribution in [2.75, 3.05) is 10.0 Å². The van der Waals surface area contributed by atoms with Crippen LogP contribution in [0.2, 0.25) is 0 Å². The molecule has 0 spiro atoms. The molecule has 3 aromatic carbocycles. The first-order valence-electron chi connectivity index (χ1n) is 10.2. The fraction of sp³-hybridized carbons (Fsp3) is 0.240. The molecule has 0 aliphatic heterocycles. The summed E-state index contributed by atoms with van der Waals surface area (Å²) in [5.74, 6) is -0.0305. The highest BCUT2D eigenvalue weighted by Gasteiger charge is 2.18. The van der Waals surface area contributed by atoms with E-state index in [0.29, 0.717) is 11.3 Å². The van der Waals surface area contributed by atoms with Gasteiger partial charge in [-0.15, -0.1) is 0 Å². The molecule has 162 valence electrons. The maximum absolute atomic E-state index is 13.0. The lowest BCUT2D eigenvalue weighted by Crippen LogP contribution is -2.17. The first-order chi connectivity index (χ1) is 14.6. The second-order valence-corrected chi connectivity index (χ2v) is 9.78. The van der Waals surface area contributed by atoms with Crippen LogP contribution in [-0.2, 0) is 10.0 Å². The molecule has 2 N–H and O–H groups in total. The molecule has 0 aromatic heterocycles. The summed E-state index contributed by atoms with van der Waals surface area (Å²) >= 11 is 0. The van der Waals surface area contributed by atoms with E-state index in [1.54, 1.807) is 49.4 Å². The van der Waals surface area contributed by atoms with Crippen LogP contribution in [0.3, 0.4) is 0 Å². The number of nitrogens with one attached hydrogen (secondary N) is 2. The van der Waals surface area contributed by atoms with Crippen LogP contribution in [-0.4, -0.2) is 14.3 Å². The molecule has 0 aliphatic rings. The topological polar surface area (TPSA) is 75.3 Å². The first-order valence-corrected chi connectivity index (χ1v) is 11.7. The Morgan fingerprint density at radius 2 is 1.55 bits per heavy atom. The van der Waals surface area contributed by atoms with Gasteiger partial charge in [0.05, 0.1) is 10.6 Å². The Bertz CT molecular complexity index is 1210. The summed E-state index contributed by atoms with van der Waals surface area (Å²) in [6.45, 7) is 9.81. The fourth-order valence-corrected chi connectivity index (χ4v) is 4.44. The Hall–Kier alpha value is -3.12. The van der Waals surface area contributed by atoms with Crippen molar-refractivity contribution >= 4 is 27.3 Å². The van der Waals surface area contributed by atoms with Gasteiger partial charge in [0.1, 0.15) is 0 Å². The molecule has 0 saturated heterocycles. The van der Waals surface area contributed by atoms with Crippen molar-refractivity contribution in [1.82, 2.24) is 0 Å². The van der Waals surface area contributed by atoms with Crippen LogP contribution in [0.5, 0.6) is 0 Å². The molecule has 6 heteroatoms. The van der Waals surface area contributed by atoms with Gasteiger partial charge in [0.15, 0.2) is 0 Å². The van der Waals surface area contributed by atoms with E-state index in [1.165, 1.54) is 0 Å². The van der Waals surface area contributed by atoms with Crippen LogP contribution in [0.1, 0.15) is 52.4 Å². The van der Waals surface area contributed by atoms with E-state index < -0.39 is 10.0 Å². The Labute approximate surface area is 184 Å². The minimum atomic E-state index is -3.76. The van der Waals surface area contributed by atoms with Crippen molar-refractivity contribution < 1.29 is 13.2 Å². The Balaban J connectivity index is 1.89. The van der Waals surface area contributed by atoms with Gasteiger partial charge in [0.25, 0.3) is 15.9 Å². The van der Waals surface area contributed by atoms with E-state index in [0.717, 1.165) is 27.9 Å². The third-order valence-electron chi connectivity index (χ3n) is 5.24. The minimum absolute atomic E-state index is 0.175. The van der Waals surface area contributed by atoms with Crippen LogP contribution in [0, 0.1) is 20.8 Å². The lowest BCUT2D eigenvalue weighted by Gasteiger charge is -2.17. The fourth-order valence-electron chi connectivity index (χ4n) is 3.32. The standard InChI is InChI=1S/C25H28N2O3S/c1-16(2)22-8-6-7-19(5)24(22)26-25(28)20-12-11-18(4)23(15-20)27-31(29,30)21-13-9-17(3)10-14-21/h6-16,27H,1-5H3,(H,26,28). The van der Waals surface area contributed by atoms with E-state index in [9.17, 15) is 13.2 Å². The molecule has 0 heterocycles. The van der Waals surface area contributed by atoms with E-state index in [2.05, 4.69) is 23.9 Å². The third-order valence-corrected chi connectivity index (χ3v) is 6.62. The molecule has 0 saturated carbocycles. The molecular weight excluding hydrogens is 408 g/mol. The Morgan fingerprint density at radius 3 is 2.19 bits per heavy atom. The zero-order valence-electron chi connectivity index (χ0n) is 18.5. The number of carbonyl (C=O) groups excluding carboxylic acids is 1. The minimum Gasteiger partial charge on any atom is -0.321 e. The van der Waals surface area contributed by atoms with Gasteiger partial charge >= 0.3 is 0 Å². The lowest BCUT2D eigenvalue weighted by atomic mass is 9.98. The average Bonchev–Trinajstić information content (AvgIpc) is 2.71. The van der Waals surface area contributed by atoms with Crippen LogP contribution in [0.15, 0.2) is 65.6 Å². The molecule has 0 radical (unpaired) electrons. The van der Waals surface area contributed by atoms with Gasteiger partial charge in [-0.1, -0.05) is 55.8 Å². The van der Waals surface area contributed by atoms with E-state index in [-0.39, 0.29) is 16.7 Å². The normalized spacial score (nSPS) is 11.4. The molecule has 0 aliphatic carbocycles. The van der Waals surface area contributed by atoms with Crippen molar-refractivity contribution in [2.24, 2.45) is 0 Å². The molecule has 0 bridgehead atoms. The second-order valence-electron chi connectivity index (χ2n) is 8.10. The van der Waals surface area contributed by atoms with Crippen molar-refractivity contribution in [3.63, 3.8) is 0 Å². The van der Waals surface area contributed by atoms with Crippen molar-refractivity contribution in [2.45, 2.75) is 45.4 Å². The van der Waals surface area contributed by atoms with Crippen LogP contribution < -0.4 is 10.0 Å². The Morgan fingerprint density at radius 1 is 0.871 bits per heavy atom. The third kappa shape index (κ3) is 5.14. The first kappa shape index (κ1) is 22.6. The zero-order chi connectivity index (χ0) is 22.8. The molecule has 31 heavy (non-hydrogen) atoms. The van der Waals surface area contributed by atoms with Crippen LogP contribution in [0.25, 0.3) is 0 Å². The number of sulfonamides is 1. The van der Waals surface area contributed by atoms with Crippen LogP contribution >= 0.6 is 0 Å². The maximum atomic E-state index is 13.0. The molecule has 1 amide bonds.